The van der Waals surface area contributed by atoms with E-state index in [2.05, 4.69) is 10.5 Å². The monoisotopic (exact) mass is 372 g/mol. The Balaban J connectivity index is 1.75. The maximum Gasteiger partial charge on any atom is 0.278 e. The van der Waals surface area contributed by atoms with Gasteiger partial charge in [0.05, 0.1) is 5.56 Å². The minimum absolute atomic E-state index is 0.0288. The lowest BCUT2D eigenvalue weighted by atomic mass is 10.1. The van der Waals surface area contributed by atoms with E-state index in [9.17, 15) is 13.6 Å². The van der Waals surface area contributed by atoms with Crippen molar-refractivity contribution in [3.8, 4) is 5.75 Å². The average molecular weight is 372 g/mol. The van der Waals surface area contributed by atoms with Gasteiger partial charge in [-0.1, -0.05) is 11.2 Å². The molecule has 1 aromatic heterocycles. The number of anilines is 1. The van der Waals surface area contributed by atoms with E-state index in [1.54, 1.807) is 6.92 Å². The number of amides is 1. The standard InChI is InChI=1S/C20H18F2N2O3/c1-11-4-6-15(8-12(11)2)26-10-16-13(3)27-24-19(16)20(25)23-14-5-7-17(21)18(22)9-14/h4-9H,10H2,1-3H3,(H,23,25). The zero-order valence-electron chi connectivity index (χ0n) is 15.1. The van der Waals surface area contributed by atoms with Crippen LogP contribution < -0.4 is 10.1 Å². The summed E-state index contributed by atoms with van der Waals surface area (Å²) in [5, 5.41) is 6.23. The van der Waals surface area contributed by atoms with Crippen molar-refractivity contribution < 1.29 is 22.8 Å². The first-order valence-electron chi connectivity index (χ1n) is 8.26. The molecule has 0 atom stereocenters. The molecule has 0 saturated carbocycles. The third-order valence-electron chi connectivity index (χ3n) is 4.24. The van der Waals surface area contributed by atoms with Crippen LogP contribution in [0.15, 0.2) is 40.9 Å². The van der Waals surface area contributed by atoms with Crippen LogP contribution >= 0.6 is 0 Å². The van der Waals surface area contributed by atoms with Crippen LogP contribution in [-0.4, -0.2) is 11.1 Å². The van der Waals surface area contributed by atoms with Gasteiger partial charge in [-0.25, -0.2) is 8.78 Å². The fraction of sp³-hybridized carbons (Fsp3) is 0.200. The molecule has 0 fully saturated rings. The number of benzene rings is 2. The van der Waals surface area contributed by atoms with Crippen LogP contribution in [0.5, 0.6) is 5.75 Å². The Morgan fingerprint density at radius 1 is 1.07 bits per heavy atom. The van der Waals surface area contributed by atoms with Crippen LogP contribution in [-0.2, 0) is 6.61 Å². The second-order valence-corrected chi connectivity index (χ2v) is 6.18. The van der Waals surface area contributed by atoms with E-state index in [0.29, 0.717) is 17.1 Å². The lowest BCUT2D eigenvalue weighted by Crippen LogP contribution is -2.15. The second-order valence-electron chi connectivity index (χ2n) is 6.18. The molecular formula is C20H18F2N2O3. The van der Waals surface area contributed by atoms with E-state index in [-0.39, 0.29) is 18.0 Å². The Hall–Kier alpha value is -3.22. The average Bonchev–Trinajstić information content (AvgIpc) is 3.00. The van der Waals surface area contributed by atoms with Crippen molar-refractivity contribution in [3.05, 3.63) is 76.2 Å². The summed E-state index contributed by atoms with van der Waals surface area (Å²) in [6.07, 6.45) is 0. The molecule has 0 radical (unpaired) electrons. The lowest BCUT2D eigenvalue weighted by molar-refractivity contribution is 0.101. The minimum atomic E-state index is -1.05. The number of aromatic nitrogens is 1. The van der Waals surface area contributed by atoms with E-state index < -0.39 is 17.5 Å². The minimum Gasteiger partial charge on any atom is -0.489 e. The van der Waals surface area contributed by atoms with Gasteiger partial charge in [-0.15, -0.1) is 0 Å². The van der Waals surface area contributed by atoms with E-state index in [1.807, 2.05) is 32.0 Å². The molecule has 1 amide bonds. The van der Waals surface area contributed by atoms with E-state index in [4.69, 9.17) is 9.26 Å². The SMILES string of the molecule is Cc1ccc(OCc2c(C(=O)Nc3ccc(F)c(F)c3)noc2C)cc1C. The number of nitrogens with one attached hydrogen (secondary N) is 1. The summed E-state index contributed by atoms with van der Waals surface area (Å²) >= 11 is 0. The molecule has 0 unspecified atom stereocenters. The van der Waals surface area contributed by atoms with Crippen molar-refractivity contribution in [3.63, 3.8) is 0 Å². The molecule has 5 nitrogen and oxygen atoms in total. The van der Waals surface area contributed by atoms with E-state index >= 15 is 0 Å². The molecule has 1 N–H and O–H groups in total. The number of hydrogen-bond donors (Lipinski definition) is 1. The summed E-state index contributed by atoms with van der Waals surface area (Å²) < 4.78 is 37.2. The van der Waals surface area contributed by atoms with Gasteiger partial charge < -0.3 is 14.6 Å². The maximum atomic E-state index is 13.3. The molecule has 2 aromatic carbocycles. The summed E-state index contributed by atoms with van der Waals surface area (Å²) in [4.78, 5) is 12.4. The van der Waals surface area contributed by atoms with Gasteiger partial charge >= 0.3 is 0 Å². The molecule has 0 bridgehead atoms. The van der Waals surface area contributed by atoms with Gasteiger partial charge in [0, 0.05) is 11.8 Å². The Morgan fingerprint density at radius 2 is 1.85 bits per heavy atom. The summed E-state index contributed by atoms with van der Waals surface area (Å²) in [5.41, 5.74) is 2.86. The van der Waals surface area contributed by atoms with Crippen LogP contribution in [0.2, 0.25) is 0 Å². The van der Waals surface area contributed by atoms with E-state index in [0.717, 1.165) is 23.3 Å². The number of ether oxygens (including phenoxy) is 1. The quantitative estimate of drug-likeness (QED) is 0.704. The zero-order valence-corrected chi connectivity index (χ0v) is 15.1. The van der Waals surface area contributed by atoms with Gasteiger partial charge in [-0.3, -0.25) is 4.79 Å². The van der Waals surface area contributed by atoms with Crippen LogP contribution in [0, 0.1) is 32.4 Å². The van der Waals surface area contributed by atoms with Gasteiger partial charge in [0.15, 0.2) is 17.3 Å². The molecular weight excluding hydrogens is 354 g/mol. The topological polar surface area (TPSA) is 64.4 Å². The second kappa shape index (κ2) is 7.57. The molecule has 0 spiro atoms. The molecule has 7 heteroatoms. The van der Waals surface area contributed by atoms with Crippen molar-refractivity contribution in [2.75, 3.05) is 5.32 Å². The van der Waals surface area contributed by atoms with Crippen molar-refractivity contribution in [1.29, 1.82) is 0 Å². The Labute approximate surface area is 154 Å². The number of aryl methyl sites for hydroxylation is 3. The third-order valence-corrected chi connectivity index (χ3v) is 4.24. The highest BCUT2D eigenvalue weighted by Crippen LogP contribution is 2.21. The highest BCUT2D eigenvalue weighted by molar-refractivity contribution is 6.03. The summed E-state index contributed by atoms with van der Waals surface area (Å²) in [7, 11) is 0. The molecule has 1 heterocycles. The summed E-state index contributed by atoms with van der Waals surface area (Å²) in [5.74, 6) is -1.55. The first kappa shape index (κ1) is 18.6. The fourth-order valence-electron chi connectivity index (χ4n) is 2.46. The van der Waals surface area contributed by atoms with Gasteiger partial charge in [0.25, 0.3) is 5.91 Å². The van der Waals surface area contributed by atoms with Crippen LogP contribution in [0.4, 0.5) is 14.5 Å². The highest BCUT2D eigenvalue weighted by atomic mass is 19.2. The van der Waals surface area contributed by atoms with Crippen LogP contribution in [0.3, 0.4) is 0 Å². The van der Waals surface area contributed by atoms with Crippen LogP contribution in [0.25, 0.3) is 0 Å². The Kier molecular flexibility index (Phi) is 5.21. The first-order chi connectivity index (χ1) is 12.8. The van der Waals surface area contributed by atoms with Crippen LogP contribution in [0.1, 0.15) is 32.9 Å². The number of halogens is 2. The molecule has 0 aliphatic carbocycles. The Morgan fingerprint density at radius 3 is 2.56 bits per heavy atom. The molecule has 140 valence electrons. The molecule has 0 saturated heterocycles. The number of carbonyl (C=O) groups is 1. The molecule has 3 rings (SSSR count). The van der Waals surface area contributed by atoms with Crippen molar-refractivity contribution in [2.45, 2.75) is 27.4 Å². The maximum absolute atomic E-state index is 13.3. The highest BCUT2D eigenvalue weighted by Gasteiger charge is 2.21. The number of carbonyl (C=O) groups excluding carboxylic acids is 1. The normalized spacial score (nSPS) is 10.7. The predicted molar refractivity (Wildman–Crippen MR) is 95.8 cm³/mol. The first-order valence-corrected chi connectivity index (χ1v) is 8.26. The number of nitrogens with zero attached hydrogens (tertiary/aromatic N) is 1. The van der Waals surface area contributed by atoms with Gasteiger partial charge in [-0.05, 0) is 56.2 Å². The van der Waals surface area contributed by atoms with Crippen molar-refractivity contribution in [2.24, 2.45) is 0 Å². The number of rotatable bonds is 5. The van der Waals surface area contributed by atoms with Gasteiger partial charge in [0.2, 0.25) is 0 Å². The zero-order chi connectivity index (χ0) is 19.6. The van der Waals surface area contributed by atoms with E-state index in [1.165, 1.54) is 6.07 Å². The number of hydrogen-bond acceptors (Lipinski definition) is 4. The van der Waals surface area contributed by atoms with Gasteiger partial charge in [-0.2, -0.15) is 0 Å². The Bertz CT molecular complexity index is 999. The van der Waals surface area contributed by atoms with Crippen molar-refractivity contribution in [1.82, 2.24) is 5.16 Å². The smallest absolute Gasteiger partial charge is 0.278 e. The summed E-state index contributed by atoms with van der Waals surface area (Å²) in [6.45, 7) is 5.73. The molecule has 0 aliphatic heterocycles. The predicted octanol–water partition coefficient (Wildman–Crippen LogP) is 4.71. The molecule has 3 aromatic rings. The fourth-order valence-corrected chi connectivity index (χ4v) is 2.46. The summed E-state index contributed by atoms with van der Waals surface area (Å²) in [6, 6.07) is 8.77. The largest absolute Gasteiger partial charge is 0.489 e. The lowest BCUT2D eigenvalue weighted by Gasteiger charge is -2.09. The van der Waals surface area contributed by atoms with Crippen molar-refractivity contribution >= 4 is 11.6 Å². The molecule has 27 heavy (non-hydrogen) atoms. The third kappa shape index (κ3) is 4.13. The van der Waals surface area contributed by atoms with Gasteiger partial charge in [0.1, 0.15) is 18.1 Å². The molecule has 0 aliphatic rings.